The van der Waals surface area contributed by atoms with Gasteiger partial charge in [-0.25, -0.2) is 13.6 Å². The van der Waals surface area contributed by atoms with Crippen molar-refractivity contribution in [1.29, 1.82) is 0 Å². The SMILES string of the molecule is CCCN(CC(F)F)C(=O)c1cccc(C(=O)O)c1. The number of carbonyl (C=O) groups excluding carboxylic acids is 1. The largest absolute Gasteiger partial charge is 0.478 e. The molecule has 0 heterocycles. The van der Waals surface area contributed by atoms with E-state index in [1.807, 2.05) is 0 Å². The molecule has 0 spiro atoms. The fourth-order valence-corrected chi connectivity index (χ4v) is 1.68. The van der Waals surface area contributed by atoms with Crippen LogP contribution in [0.5, 0.6) is 0 Å². The molecule has 4 nitrogen and oxygen atoms in total. The maximum atomic E-state index is 12.4. The molecule has 0 aliphatic heterocycles. The average Bonchev–Trinajstić information content (AvgIpc) is 2.37. The van der Waals surface area contributed by atoms with Gasteiger partial charge in [0.05, 0.1) is 12.1 Å². The molecule has 1 aromatic rings. The Morgan fingerprint density at radius 2 is 1.95 bits per heavy atom. The van der Waals surface area contributed by atoms with Gasteiger partial charge in [0.15, 0.2) is 0 Å². The van der Waals surface area contributed by atoms with Crippen LogP contribution in [-0.4, -0.2) is 41.4 Å². The molecule has 0 fully saturated rings. The third-order valence-corrected chi connectivity index (χ3v) is 2.50. The lowest BCUT2D eigenvalue weighted by Gasteiger charge is -2.21. The van der Waals surface area contributed by atoms with E-state index in [2.05, 4.69) is 0 Å². The lowest BCUT2D eigenvalue weighted by molar-refractivity contribution is 0.0555. The maximum absolute atomic E-state index is 12.4. The molecule has 6 heteroatoms. The molecule has 1 rings (SSSR count). The molecule has 1 amide bonds. The Balaban J connectivity index is 2.95. The van der Waals surface area contributed by atoms with E-state index in [0.717, 1.165) is 4.90 Å². The molecule has 0 saturated heterocycles. The van der Waals surface area contributed by atoms with E-state index in [-0.39, 0.29) is 17.7 Å². The molecule has 1 N–H and O–H groups in total. The van der Waals surface area contributed by atoms with Crippen molar-refractivity contribution in [3.05, 3.63) is 35.4 Å². The molecule has 1 aromatic carbocycles. The first-order valence-electron chi connectivity index (χ1n) is 5.86. The van der Waals surface area contributed by atoms with Crippen LogP contribution in [0.2, 0.25) is 0 Å². The van der Waals surface area contributed by atoms with Gasteiger partial charge in [-0.2, -0.15) is 0 Å². The van der Waals surface area contributed by atoms with E-state index in [1.165, 1.54) is 24.3 Å². The van der Waals surface area contributed by atoms with Gasteiger partial charge in [0.2, 0.25) is 0 Å². The van der Waals surface area contributed by atoms with Crippen LogP contribution >= 0.6 is 0 Å². The number of hydrogen-bond donors (Lipinski definition) is 1. The summed E-state index contributed by atoms with van der Waals surface area (Å²) in [4.78, 5) is 23.9. The fourth-order valence-electron chi connectivity index (χ4n) is 1.68. The highest BCUT2D eigenvalue weighted by Gasteiger charge is 2.19. The zero-order chi connectivity index (χ0) is 14.4. The molecule has 0 aliphatic rings. The average molecular weight is 271 g/mol. The minimum absolute atomic E-state index is 0.0423. The highest BCUT2D eigenvalue weighted by molar-refractivity contribution is 5.97. The Morgan fingerprint density at radius 3 is 2.47 bits per heavy atom. The second-order valence-electron chi connectivity index (χ2n) is 4.03. The van der Waals surface area contributed by atoms with Crippen LogP contribution in [0.15, 0.2) is 24.3 Å². The first kappa shape index (κ1) is 15.1. The molecular formula is C13H15F2NO3. The lowest BCUT2D eigenvalue weighted by Crippen LogP contribution is -2.35. The Bertz CT molecular complexity index is 463. The summed E-state index contributed by atoms with van der Waals surface area (Å²) < 4.78 is 24.8. The number of benzene rings is 1. The Hall–Kier alpha value is -1.98. The molecule has 19 heavy (non-hydrogen) atoms. The Kier molecular flexibility index (Phi) is 5.41. The summed E-state index contributed by atoms with van der Waals surface area (Å²) in [5.74, 6) is -1.74. The van der Waals surface area contributed by atoms with Crippen molar-refractivity contribution in [2.75, 3.05) is 13.1 Å². The highest BCUT2D eigenvalue weighted by atomic mass is 19.3. The highest BCUT2D eigenvalue weighted by Crippen LogP contribution is 2.11. The summed E-state index contributed by atoms with van der Waals surface area (Å²) in [5, 5.41) is 8.83. The fraction of sp³-hybridized carbons (Fsp3) is 0.385. The minimum Gasteiger partial charge on any atom is -0.478 e. The first-order chi connectivity index (χ1) is 8.95. The number of alkyl halides is 2. The summed E-state index contributed by atoms with van der Waals surface area (Å²) in [6, 6.07) is 5.38. The van der Waals surface area contributed by atoms with Crippen LogP contribution in [-0.2, 0) is 0 Å². The lowest BCUT2D eigenvalue weighted by atomic mass is 10.1. The summed E-state index contributed by atoms with van der Waals surface area (Å²) in [7, 11) is 0. The normalized spacial score (nSPS) is 10.5. The standard InChI is InChI=1S/C13H15F2NO3/c1-2-6-16(8-11(14)15)12(17)9-4-3-5-10(7-9)13(18)19/h3-5,7,11H,2,6,8H2,1H3,(H,18,19). The molecule has 0 aliphatic carbocycles. The Morgan fingerprint density at radius 1 is 1.32 bits per heavy atom. The van der Waals surface area contributed by atoms with Gasteiger partial charge >= 0.3 is 5.97 Å². The van der Waals surface area contributed by atoms with Gasteiger partial charge in [0, 0.05) is 12.1 Å². The van der Waals surface area contributed by atoms with Crippen molar-refractivity contribution in [2.45, 2.75) is 19.8 Å². The number of hydrogen-bond acceptors (Lipinski definition) is 2. The van der Waals surface area contributed by atoms with Crippen molar-refractivity contribution < 1.29 is 23.5 Å². The van der Waals surface area contributed by atoms with Crippen LogP contribution in [0.3, 0.4) is 0 Å². The van der Waals surface area contributed by atoms with Crippen molar-refractivity contribution in [3.8, 4) is 0 Å². The van der Waals surface area contributed by atoms with Gasteiger partial charge in [0.25, 0.3) is 12.3 Å². The molecular weight excluding hydrogens is 256 g/mol. The molecule has 104 valence electrons. The number of rotatable bonds is 6. The number of halogens is 2. The number of aromatic carboxylic acids is 1. The van der Waals surface area contributed by atoms with E-state index >= 15 is 0 Å². The third kappa shape index (κ3) is 4.31. The number of nitrogens with zero attached hydrogens (tertiary/aromatic N) is 1. The van der Waals surface area contributed by atoms with Crippen molar-refractivity contribution in [1.82, 2.24) is 4.90 Å². The zero-order valence-corrected chi connectivity index (χ0v) is 10.5. The van der Waals surface area contributed by atoms with Crippen LogP contribution < -0.4 is 0 Å². The number of carboxylic acid groups (broad SMARTS) is 1. The van der Waals surface area contributed by atoms with Gasteiger partial charge in [-0.15, -0.1) is 0 Å². The van der Waals surface area contributed by atoms with Gasteiger partial charge in [-0.3, -0.25) is 4.79 Å². The minimum atomic E-state index is -2.61. The predicted molar refractivity (Wildman–Crippen MR) is 65.6 cm³/mol. The zero-order valence-electron chi connectivity index (χ0n) is 10.5. The monoisotopic (exact) mass is 271 g/mol. The van der Waals surface area contributed by atoms with Crippen LogP contribution in [0.4, 0.5) is 8.78 Å². The van der Waals surface area contributed by atoms with E-state index < -0.39 is 24.8 Å². The summed E-state index contributed by atoms with van der Waals surface area (Å²) in [6.45, 7) is 1.34. The van der Waals surface area contributed by atoms with Crippen LogP contribution in [0, 0.1) is 0 Å². The number of carbonyl (C=O) groups is 2. The van der Waals surface area contributed by atoms with Gasteiger partial charge < -0.3 is 10.0 Å². The summed E-state index contributed by atoms with van der Waals surface area (Å²) in [6.07, 6.45) is -2.06. The van der Waals surface area contributed by atoms with Gasteiger partial charge in [-0.05, 0) is 24.6 Å². The summed E-state index contributed by atoms with van der Waals surface area (Å²) in [5.41, 5.74) is 0.0633. The quantitative estimate of drug-likeness (QED) is 0.864. The molecule has 0 radical (unpaired) electrons. The van der Waals surface area contributed by atoms with Gasteiger partial charge in [0.1, 0.15) is 0 Å². The predicted octanol–water partition coefficient (Wildman–Crippen LogP) is 2.50. The van der Waals surface area contributed by atoms with Crippen molar-refractivity contribution in [3.63, 3.8) is 0 Å². The van der Waals surface area contributed by atoms with E-state index in [0.29, 0.717) is 6.42 Å². The molecule has 0 unspecified atom stereocenters. The molecule has 0 aromatic heterocycles. The molecule has 0 saturated carbocycles. The summed E-state index contributed by atoms with van der Waals surface area (Å²) >= 11 is 0. The van der Waals surface area contributed by atoms with Crippen LogP contribution in [0.1, 0.15) is 34.1 Å². The topological polar surface area (TPSA) is 57.6 Å². The molecule has 0 bridgehead atoms. The third-order valence-electron chi connectivity index (χ3n) is 2.50. The van der Waals surface area contributed by atoms with E-state index in [9.17, 15) is 18.4 Å². The van der Waals surface area contributed by atoms with Gasteiger partial charge in [-0.1, -0.05) is 13.0 Å². The van der Waals surface area contributed by atoms with Crippen LogP contribution in [0.25, 0.3) is 0 Å². The van der Waals surface area contributed by atoms with Crippen molar-refractivity contribution in [2.24, 2.45) is 0 Å². The molecule has 0 atom stereocenters. The second-order valence-corrected chi connectivity index (χ2v) is 4.03. The number of carboxylic acids is 1. The second kappa shape index (κ2) is 6.82. The maximum Gasteiger partial charge on any atom is 0.335 e. The smallest absolute Gasteiger partial charge is 0.335 e. The Labute approximate surface area is 109 Å². The number of amides is 1. The van der Waals surface area contributed by atoms with Crippen molar-refractivity contribution >= 4 is 11.9 Å². The first-order valence-corrected chi connectivity index (χ1v) is 5.86. The van der Waals surface area contributed by atoms with E-state index in [4.69, 9.17) is 5.11 Å². The van der Waals surface area contributed by atoms with E-state index in [1.54, 1.807) is 6.92 Å².